The van der Waals surface area contributed by atoms with Crippen molar-refractivity contribution in [2.75, 3.05) is 5.01 Å². The van der Waals surface area contributed by atoms with Crippen LogP contribution in [0.15, 0.2) is 60.0 Å². The second kappa shape index (κ2) is 7.07. The van der Waals surface area contributed by atoms with Crippen LogP contribution in [0, 0.1) is 0 Å². The topological polar surface area (TPSA) is 65.9 Å². The summed E-state index contributed by atoms with van der Waals surface area (Å²) in [6.07, 6.45) is 6.22. The molecule has 0 spiro atoms. The first kappa shape index (κ1) is 16.4. The van der Waals surface area contributed by atoms with Gasteiger partial charge in [-0.25, -0.2) is 5.01 Å². The molecule has 1 aliphatic carbocycles. The molecule has 0 unspecified atom stereocenters. The van der Waals surface area contributed by atoms with Gasteiger partial charge in [0.05, 0.1) is 5.69 Å². The molecule has 1 aromatic heterocycles. The highest BCUT2D eigenvalue weighted by atomic mass is 16.2. The third-order valence-corrected chi connectivity index (χ3v) is 4.60. The summed E-state index contributed by atoms with van der Waals surface area (Å²) in [7, 11) is 0. The van der Waals surface area contributed by atoms with Crippen LogP contribution >= 0.6 is 0 Å². The first-order valence-corrected chi connectivity index (χ1v) is 8.88. The van der Waals surface area contributed by atoms with Crippen molar-refractivity contribution in [3.63, 3.8) is 0 Å². The molecule has 6 heteroatoms. The van der Waals surface area contributed by atoms with Gasteiger partial charge in [0, 0.05) is 37.8 Å². The fourth-order valence-corrected chi connectivity index (χ4v) is 3.09. The smallest absolute Gasteiger partial charge is 0.270 e. The number of rotatable bonds is 5. The Hall–Kier alpha value is -3.02. The van der Waals surface area contributed by atoms with E-state index < -0.39 is 0 Å². The molecule has 0 saturated heterocycles. The second-order valence-corrected chi connectivity index (χ2v) is 6.61. The average Bonchev–Trinajstić information content (AvgIpc) is 3.53. The molecule has 6 nitrogen and oxygen atoms in total. The molecule has 26 heavy (non-hydrogen) atoms. The molecule has 2 aromatic rings. The molecule has 2 heterocycles. The fraction of sp³-hybridized carbons (Fsp3) is 0.300. The molecule has 1 aromatic carbocycles. The van der Waals surface area contributed by atoms with Crippen LogP contribution in [0.4, 0.5) is 5.69 Å². The van der Waals surface area contributed by atoms with Crippen molar-refractivity contribution < 1.29 is 9.59 Å². The molecule has 1 saturated carbocycles. The summed E-state index contributed by atoms with van der Waals surface area (Å²) in [5.41, 5.74) is 2.14. The maximum Gasteiger partial charge on any atom is 0.270 e. The Balaban J connectivity index is 1.58. The molecule has 0 bridgehead atoms. The van der Waals surface area contributed by atoms with E-state index in [-0.39, 0.29) is 17.9 Å². The number of para-hydroxylation sites is 1. The lowest BCUT2D eigenvalue weighted by Crippen LogP contribution is -2.42. The monoisotopic (exact) mass is 348 g/mol. The van der Waals surface area contributed by atoms with Crippen molar-refractivity contribution in [3.8, 4) is 0 Å². The van der Waals surface area contributed by atoms with E-state index in [2.05, 4.69) is 10.1 Å². The fourth-order valence-electron chi connectivity index (χ4n) is 3.09. The zero-order valence-electron chi connectivity index (χ0n) is 14.4. The molecule has 132 valence electrons. The van der Waals surface area contributed by atoms with Crippen molar-refractivity contribution in [3.05, 3.63) is 60.4 Å². The lowest BCUT2D eigenvalue weighted by Gasteiger charge is -2.27. The van der Waals surface area contributed by atoms with Crippen molar-refractivity contribution in [1.29, 1.82) is 0 Å². The van der Waals surface area contributed by atoms with Gasteiger partial charge in [-0.3, -0.25) is 14.6 Å². The van der Waals surface area contributed by atoms with Gasteiger partial charge < -0.3 is 4.90 Å². The summed E-state index contributed by atoms with van der Waals surface area (Å²) in [4.78, 5) is 31.4. The number of aromatic nitrogens is 1. The van der Waals surface area contributed by atoms with E-state index in [1.165, 1.54) is 5.01 Å². The minimum atomic E-state index is -0.0852. The van der Waals surface area contributed by atoms with Crippen molar-refractivity contribution in [2.45, 2.75) is 38.3 Å². The van der Waals surface area contributed by atoms with E-state index in [1.807, 2.05) is 47.4 Å². The molecule has 1 aliphatic heterocycles. The lowest BCUT2D eigenvalue weighted by molar-refractivity contribution is -0.125. The van der Waals surface area contributed by atoms with Gasteiger partial charge in [-0.15, -0.1) is 0 Å². The van der Waals surface area contributed by atoms with Gasteiger partial charge in [0.15, 0.2) is 0 Å². The lowest BCUT2D eigenvalue weighted by atomic mass is 10.1. The average molecular weight is 348 g/mol. The second-order valence-electron chi connectivity index (χ2n) is 6.61. The Labute approximate surface area is 152 Å². The summed E-state index contributed by atoms with van der Waals surface area (Å²) in [6.45, 7) is 0.523. The van der Waals surface area contributed by atoms with E-state index in [4.69, 9.17) is 0 Å². The van der Waals surface area contributed by atoms with Gasteiger partial charge in [-0.05, 0) is 36.6 Å². The van der Waals surface area contributed by atoms with Gasteiger partial charge in [0.25, 0.3) is 5.91 Å². The van der Waals surface area contributed by atoms with Crippen LogP contribution in [0.25, 0.3) is 0 Å². The Kier molecular flexibility index (Phi) is 4.48. The van der Waals surface area contributed by atoms with Gasteiger partial charge in [0.1, 0.15) is 5.71 Å². The highest BCUT2D eigenvalue weighted by Crippen LogP contribution is 2.30. The Morgan fingerprint density at radius 2 is 1.92 bits per heavy atom. The van der Waals surface area contributed by atoms with Gasteiger partial charge in [-0.2, -0.15) is 5.10 Å². The van der Waals surface area contributed by atoms with Crippen LogP contribution in [0.5, 0.6) is 0 Å². The van der Waals surface area contributed by atoms with Crippen LogP contribution in [0.3, 0.4) is 0 Å². The van der Waals surface area contributed by atoms with Crippen molar-refractivity contribution in [1.82, 2.24) is 9.88 Å². The van der Waals surface area contributed by atoms with E-state index >= 15 is 0 Å². The first-order chi connectivity index (χ1) is 12.7. The normalized spacial score (nSPS) is 17.0. The van der Waals surface area contributed by atoms with Crippen LogP contribution in [-0.4, -0.2) is 33.5 Å². The summed E-state index contributed by atoms with van der Waals surface area (Å²) in [6, 6.07) is 13.3. The molecular weight excluding hydrogens is 328 g/mol. The number of hydrogen-bond donors (Lipinski definition) is 0. The maximum absolute atomic E-state index is 13.1. The van der Waals surface area contributed by atoms with Crippen LogP contribution in [-0.2, 0) is 16.1 Å². The third kappa shape index (κ3) is 3.49. The molecule has 2 amide bonds. The van der Waals surface area contributed by atoms with Crippen molar-refractivity contribution >= 4 is 23.2 Å². The Morgan fingerprint density at radius 3 is 2.62 bits per heavy atom. The van der Waals surface area contributed by atoms with Crippen LogP contribution in [0.2, 0.25) is 0 Å². The predicted molar refractivity (Wildman–Crippen MR) is 98.4 cm³/mol. The van der Waals surface area contributed by atoms with Crippen LogP contribution in [0.1, 0.15) is 31.2 Å². The highest BCUT2D eigenvalue weighted by molar-refractivity contribution is 6.40. The number of carbonyl (C=O) groups excluding carboxylic acids is 2. The number of anilines is 1. The first-order valence-electron chi connectivity index (χ1n) is 8.88. The number of carbonyl (C=O) groups is 2. The highest BCUT2D eigenvalue weighted by Gasteiger charge is 2.36. The number of nitrogens with zero attached hydrogens (tertiary/aromatic N) is 4. The number of hydrogen-bond acceptors (Lipinski definition) is 4. The van der Waals surface area contributed by atoms with E-state index in [0.29, 0.717) is 30.8 Å². The third-order valence-electron chi connectivity index (χ3n) is 4.60. The molecule has 0 N–H and O–H groups in total. The van der Waals surface area contributed by atoms with E-state index in [0.717, 1.165) is 18.4 Å². The molecule has 0 atom stereocenters. The van der Waals surface area contributed by atoms with E-state index in [1.54, 1.807) is 12.4 Å². The zero-order chi connectivity index (χ0) is 17.9. The number of benzene rings is 1. The summed E-state index contributed by atoms with van der Waals surface area (Å²) in [5, 5.41) is 5.75. The molecule has 1 fully saturated rings. The molecule has 0 radical (unpaired) electrons. The SMILES string of the molecule is O=C1CCC(C(=O)N(Cc2cccnc2)C2CC2)=NN1c1ccccc1. The minimum Gasteiger partial charge on any atom is -0.330 e. The Bertz CT molecular complexity index is 831. The number of hydrazone groups is 1. The summed E-state index contributed by atoms with van der Waals surface area (Å²) >= 11 is 0. The summed E-state index contributed by atoms with van der Waals surface area (Å²) in [5.74, 6) is -0.164. The van der Waals surface area contributed by atoms with Crippen molar-refractivity contribution in [2.24, 2.45) is 5.10 Å². The Morgan fingerprint density at radius 1 is 1.12 bits per heavy atom. The van der Waals surface area contributed by atoms with E-state index in [9.17, 15) is 9.59 Å². The standard InChI is InChI=1S/C20H20N4O2/c25-19-11-10-18(22-24(19)17-6-2-1-3-7-17)20(26)23(16-8-9-16)14-15-5-4-12-21-13-15/h1-7,12-13,16H,8-11,14H2. The largest absolute Gasteiger partial charge is 0.330 e. The number of pyridine rings is 1. The molecule has 4 rings (SSSR count). The maximum atomic E-state index is 13.1. The summed E-state index contributed by atoms with van der Waals surface area (Å²) < 4.78 is 0. The van der Waals surface area contributed by atoms with Crippen LogP contribution < -0.4 is 5.01 Å². The quantitative estimate of drug-likeness (QED) is 0.834. The molecule has 2 aliphatic rings. The molecular formula is C20H20N4O2. The minimum absolute atomic E-state index is 0.0789. The van der Waals surface area contributed by atoms with Gasteiger partial charge >= 0.3 is 0 Å². The van der Waals surface area contributed by atoms with Gasteiger partial charge in [0.2, 0.25) is 5.91 Å². The zero-order valence-corrected chi connectivity index (χ0v) is 14.4. The van der Waals surface area contributed by atoms with Gasteiger partial charge in [-0.1, -0.05) is 24.3 Å². The number of amides is 2. The predicted octanol–water partition coefficient (Wildman–Crippen LogP) is 2.76.